The van der Waals surface area contributed by atoms with Crippen LogP contribution in [0.5, 0.6) is 5.75 Å². The number of nitrogens with one attached hydrogen (secondary N) is 1. The molecule has 25 heavy (non-hydrogen) atoms. The average molecular weight is 346 g/mol. The number of anilines is 1. The third-order valence-corrected chi connectivity index (χ3v) is 5.37. The zero-order chi connectivity index (χ0) is 17.5. The molecule has 1 aromatic rings. The number of guanidine groups is 1. The predicted octanol–water partition coefficient (Wildman–Crippen LogP) is 2.46. The third-order valence-electron chi connectivity index (χ3n) is 5.37. The molecule has 1 saturated heterocycles. The van der Waals surface area contributed by atoms with E-state index < -0.39 is 0 Å². The molecule has 6 heteroatoms. The van der Waals surface area contributed by atoms with E-state index in [-0.39, 0.29) is 5.54 Å². The van der Waals surface area contributed by atoms with Gasteiger partial charge in [-0.3, -0.25) is 9.89 Å². The fourth-order valence-electron chi connectivity index (χ4n) is 3.92. The van der Waals surface area contributed by atoms with Crippen molar-refractivity contribution >= 4 is 11.6 Å². The largest absolute Gasteiger partial charge is 0.497 e. The molecule has 1 heterocycles. The molecule has 1 aliphatic carbocycles. The lowest BCUT2D eigenvalue weighted by molar-refractivity contribution is -0.0333. The molecule has 138 valence electrons. The van der Waals surface area contributed by atoms with Crippen LogP contribution in [0.3, 0.4) is 0 Å². The quantitative estimate of drug-likeness (QED) is 0.633. The highest BCUT2D eigenvalue weighted by atomic mass is 16.5. The van der Waals surface area contributed by atoms with Gasteiger partial charge >= 0.3 is 0 Å². The van der Waals surface area contributed by atoms with Crippen molar-refractivity contribution in [3.63, 3.8) is 0 Å². The van der Waals surface area contributed by atoms with Crippen molar-refractivity contribution in [3.8, 4) is 5.75 Å². The van der Waals surface area contributed by atoms with Gasteiger partial charge in [-0.05, 0) is 37.1 Å². The molecule has 1 aromatic carbocycles. The van der Waals surface area contributed by atoms with E-state index in [4.69, 9.17) is 20.2 Å². The first kappa shape index (κ1) is 18.0. The summed E-state index contributed by atoms with van der Waals surface area (Å²) < 4.78 is 10.7. The number of hydrogen-bond acceptors (Lipinski definition) is 4. The molecule has 1 saturated carbocycles. The lowest BCUT2D eigenvalue weighted by Gasteiger charge is -2.47. The molecule has 0 radical (unpaired) electrons. The maximum Gasteiger partial charge on any atom is 0.193 e. The Morgan fingerprint density at radius 2 is 1.88 bits per heavy atom. The summed E-state index contributed by atoms with van der Waals surface area (Å²) in [5.41, 5.74) is 7.22. The number of nitrogens with zero attached hydrogens (tertiary/aromatic N) is 2. The van der Waals surface area contributed by atoms with Gasteiger partial charge in [0, 0.05) is 24.3 Å². The lowest BCUT2D eigenvalue weighted by Crippen LogP contribution is -2.56. The van der Waals surface area contributed by atoms with Crippen molar-refractivity contribution in [1.29, 1.82) is 0 Å². The lowest BCUT2D eigenvalue weighted by atomic mass is 9.80. The first-order chi connectivity index (χ1) is 12.2. The minimum absolute atomic E-state index is 0.147. The molecule has 6 nitrogen and oxygen atoms in total. The van der Waals surface area contributed by atoms with Gasteiger partial charge in [-0.25, -0.2) is 0 Å². The Hall–Kier alpha value is -1.79. The molecule has 0 amide bonds. The van der Waals surface area contributed by atoms with Gasteiger partial charge < -0.3 is 20.5 Å². The zero-order valence-electron chi connectivity index (χ0n) is 15.2. The zero-order valence-corrected chi connectivity index (χ0v) is 15.2. The summed E-state index contributed by atoms with van der Waals surface area (Å²) in [6, 6.07) is 7.71. The van der Waals surface area contributed by atoms with Crippen LogP contribution in [0.2, 0.25) is 0 Å². The van der Waals surface area contributed by atoms with Crippen molar-refractivity contribution in [1.82, 2.24) is 4.90 Å². The number of ether oxygens (including phenoxy) is 2. The number of hydrogen-bond donors (Lipinski definition) is 2. The third kappa shape index (κ3) is 4.64. The Kier molecular flexibility index (Phi) is 6.15. The minimum Gasteiger partial charge on any atom is -0.497 e. The van der Waals surface area contributed by atoms with E-state index in [9.17, 15) is 0 Å². The van der Waals surface area contributed by atoms with E-state index in [1.165, 1.54) is 32.1 Å². The highest BCUT2D eigenvalue weighted by molar-refractivity contribution is 5.92. The van der Waals surface area contributed by atoms with Gasteiger partial charge in [-0.2, -0.15) is 0 Å². The van der Waals surface area contributed by atoms with Gasteiger partial charge in [0.05, 0.1) is 26.9 Å². The molecular weight excluding hydrogens is 316 g/mol. The average Bonchev–Trinajstić information content (AvgIpc) is 2.68. The number of benzene rings is 1. The Morgan fingerprint density at radius 3 is 2.52 bits per heavy atom. The first-order valence-corrected chi connectivity index (χ1v) is 9.26. The highest BCUT2D eigenvalue weighted by Gasteiger charge is 2.38. The van der Waals surface area contributed by atoms with E-state index in [1.54, 1.807) is 7.11 Å². The molecule has 0 bridgehead atoms. The van der Waals surface area contributed by atoms with Crippen LogP contribution in [0.4, 0.5) is 5.69 Å². The maximum absolute atomic E-state index is 6.15. The summed E-state index contributed by atoms with van der Waals surface area (Å²) in [5, 5.41) is 3.18. The Balaban J connectivity index is 1.64. The highest BCUT2D eigenvalue weighted by Crippen LogP contribution is 2.34. The topological polar surface area (TPSA) is 72.1 Å². The molecule has 0 aromatic heterocycles. The summed E-state index contributed by atoms with van der Waals surface area (Å²) in [4.78, 5) is 7.29. The van der Waals surface area contributed by atoms with Gasteiger partial charge in [-0.15, -0.1) is 0 Å². The number of nitrogens with two attached hydrogens (primary N) is 1. The van der Waals surface area contributed by atoms with Gasteiger partial charge in [0.15, 0.2) is 5.96 Å². The SMILES string of the molecule is COc1ccc(NC(N)=NCC2(N3CCOCC3)CCCCC2)cc1. The van der Waals surface area contributed by atoms with Crippen LogP contribution in [0.15, 0.2) is 29.3 Å². The molecule has 3 rings (SSSR count). The molecule has 3 N–H and O–H groups in total. The number of aliphatic imine (C=N–C) groups is 1. The van der Waals surface area contributed by atoms with Crippen molar-refractivity contribution in [2.75, 3.05) is 45.3 Å². The van der Waals surface area contributed by atoms with E-state index in [0.717, 1.165) is 44.3 Å². The van der Waals surface area contributed by atoms with E-state index >= 15 is 0 Å². The number of morpholine rings is 1. The van der Waals surface area contributed by atoms with Crippen LogP contribution in [0.1, 0.15) is 32.1 Å². The number of methoxy groups -OCH3 is 1. The maximum atomic E-state index is 6.15. The van der Waals surface area contributed by atoms with Gasteiger partial charge in [0.2, 0.25) is 0 Å². The Bertz CT molecular complexity index is 561. The molecule has 0 atom stereocenters. The molecule has 0 spiro atoms. The summed E-state index contributed by atoms with van der Waals surface area (Å²) in [6.45, 7) is 4.40. The molecule has 2 aliphatic rings. The van der Waals surface area contributed by atoms with Crippen molar-refractivity contribution < 1.29 is 9.47 Å². The van der Waals surface area contributed by atoms with E-state index in [2.05, 4.69) is 10.2 Å². The molecule has 1 aliphatic heterocycles. The second-order valence-corrected chi connectivity index (χ2v) is 6.94. The van der Waals surface area contributed by atoms with Crippen molar-refractivity contribution in [2.45, 2.75) is 37.6 Å². The van der Waals surface area contributed by atoms with Gasteiger partial charge in [-0.1, -0.05) is 19.3 Å². The fourth-order valence-corrected chi connectivity index (χ4v) is 3.92. The standard InChI is InChI=1S/C19H30N4O2/c1-24-17-7-5-16(6-8-17)22-18(20)21-15-19(9-3-2-4-10-19)23-11-13-25-14-12-23/h5-8H,2-4,9-15H2,1H3,(H3,20,21,22). The van der Waals surface area contributed by atoms with Gasteiger partial charge in [0.25, 0.3) is 0 Å². The monoisotopic (exact) mass is 346 g/mol. The summed E-state index contributed by atoms with van der Waals surface area (Å²) in [6.07, 6.45) is 6.28. The number of rotatable bonds is 5. The minimum atomic E-state index is 0.147. The van der Waals surface area contributed by atoms with Crippen LogP contribution in [0, 0.1) is 0 Å². The van der Waals surface area contributed by atoms with Crippen molar-refractivity contribution in [3.05, 3.63) is 24.3 Å². The van der Waals surface area contributed by atoms with Crippen LogP contribution < -0.4 is 15.8 Å². The van der Waals surface area contributed by atoms with Crippen LogP contribution in [0.25, 0.3) is 0 Å². The molecule has 0 unspecified atom stereocenters. The smallest absolute Gasteiger partial charge is 0.193 e. The summed E-state index contributed by atoms with van der Waals surface area (Å²) in [5.74, 6) is 1.30. The second-order valence-electron chi connectivity index (χ2n) is 6.94. The summed E-state index contributed by atoms with van der Waals surface area (Å²) in [7, 11) is 1.66. The van der Waals surface area contributed by atoms with E-state index in [0.29, 0.717) is 5.96 Å². The first-order valence-electron chi connectivity index (χ1n) is 9.26. The Morgan fingerprint density at radius 1 is 1.20 bits per heavy atom. The fraction of sp³-hybridized carbons (Fsp3) is 0.632. The van der Waals surface area contributed by atoms with Crippen LogP contribution in [-0.4, -0.2) is 56.4 Å². The normalized spacial score (nSPS) is 21.7. The van der Waals surface area contributed by atoms with E-state index in [1.807, 2.05) is 24.3 Å². The van der Waals surface area contributed by atoms with Gasteiger partial charge in [0.1, 0.15) is 5.75 Å². The predicted molar refractivity (Wildman–Crippen MR) is 101 cm³/mol. The van der Waals surface area contributed by atoms with Crippen LogP contribution >= 0.6 is 0 Å². The second kappa shape index (κ2) is 8.54. The van der Waals surface area contributed by atoms with Crippen molar-refractivity contribution in [2.24, 2.45) is 10.7 Å². The molecule has 2 fully saturated rings. The molecular formula is C19H30N4O2. The Labute approximate surface area is 150 Å². The summed E-state index contributed by atoms with van der Waals surface area (Å²) >= 11 is 0. The van der Waals surface area contributed by atoms with Crippen LogP contribution in [-0.2, 0) is 4.74 Å².